The number of aromatic nitrogens is 1. The number of hydrogen-bond donors (Lipinski definition) is 1. The van der Waals surface area contributed by atoms with Gasteiger partial charge >= 0.3 is 0 Å². The third-order valence-corrected chi connectivity index (χ3v) is 3.25. The van der Waals surface area contributed by atoms with Crippen molar-refractivity contribution in [2.75, 3.05) is 18.0 Å². The van der Waals surface area contributed by atoms with Gasteiger partial charge in [-0.25, -0.2) is 4.98 Å². The van der Waals surface area contributed by atoms with Crippen LogP contribution in [0.1, 0.15) is 25.8 Å². The minimum absolute atomic E-state index is 0.352. The van der Waals surface area contributed by atoms with Crippen molar-refractivity contribution < 1.29 is 0 Å². The SMILES string of the molecule is CC1(C)CCN(c2ncccc2C(N)=S)C1. The van der Waals surface area contributed by atoms with E-state index in [1.807, 2.05) is 12.1 Å². The van der Waals surface area contributed by atoms with Crippen molar-refractivity contribution in [1.82, 2.24) is 4.98 Å². The Morgan fingerprint density at radius 1 is 1.56 bits per heavy atom. The van der Waals surface area contributed by atoms with Gasteiger partial charge in [-0.2, -0.15) is 0 Å². The van der Waals surface area contributed by atoms with Crippen molar-refractivity contribution in [3.05, 3.63) is 23.9 Å². The summed E-state index contributed by atoms with van der Waals surface area (Å²) in [6, 6.07) is 3.81. The fraction of sp³-hybridized carbons (Fsp3) is 0.500. The average molecular weight is 235 g/mol. The molecule has 0 saturated carbocycles. The van der Waals surface area contributed by atoms with Crippen molar-refractivity contribution in [3.63, 3.8) is 0 Å². The van der Waals surface area contributed by atoms with E-state index in [-0.39, 0.29) is 0 Å². The van der Waals surface area contributed by atoms with E-state index < -0.39 is 0 Å². The second-order valence-corrected chi connectivity index (χ2v) is 5.51. The van der Waals surface area contributed by atoms with Gasteiger partial charge in [0.15, 0.2) is 0 Å². The molecule has 0 aromatic carbocycles. The lowest BCUT2D eigenvalue weighted by Gasteiger charge is -2.22. The Morgan fingerprint density at radius 2 is 2.31 bits per heavy atom. The van der Waals surface area contributed by atoms with Gasteiger partial charge < -0.3 is 10.6 Å². The van der Waals surface area contributed by atoms with Crippen LogP contribution in [0.2, 0.25) is 0 Å². The smallest absolute Gasteiger partial charge is 0.138 e. The van der Waals surface area contributed by atoms with E-state index in [0.29, 0.717) is 10.4 Å². The molecule has 1 aromatic heterocycles. The Labute approximate surface area is 102 Å². The van der Waals surface area contributed by atoms with E-state index >= 15 is 0 Å². The maximum Gasteiger partial charge on any atom is 0.138 e. The van der Waals surface area contributed by atoms with Crippen LogP contribution < -0.4 is 10.6 Å². The van der Waals surface area contributed by atoms with Crippen LogP contribution in [0.3, 0.4) is 0 Å². The first-order valence-electron chi connectivity index (χ1n) is 5.49. The normalized spacial score (nSPS) is 18.8. The predicted octanol–water partition coefficient (Wildman–Crippen LogP) is 1.95. The fourth-order valence-corrected chi connectivity index (χ4v) is 2.29. The number of rotatable bonds is 2. The van der Waals surface area contributed by atoms with E-state index in [1.165, 1.54) is 6.42 Å². The Morgan fingerprint density at radius 3 is 2.88 bits per heavy atom. The highest BCUT2D eigenvalue weighted by Crippen LogP contribution is 2.32. The summed E-state index contributed by atoms with van der Waals surface area (Å²) in [5.74, 6) is 0.931. The summed E-state index contributed by atoms with van der Waals surface area (Å²) < 4.78 is 0. The molecule has 0 amide bonds. The summed E-state index contributed by atoms with van der Waals surface area (Å²) in [6.07, 6.45) is 2.97. The monoisotopic (exact) mass is 235 g/mol. The maximum atomic E-state index is 5.71. The molecule has 1 aliphatic heterocycles. The second kappa shape index (κ2) is 4.01. The van der Waals surface area contributed by atoms with Crippen LogP contribution in [0.25, 0.3) is 0 Å². The molecule has 1 aliphatic rings. The predicted molar refractivity (Wildman–Crippen MR) is 70.7 cm³/mol. The van der Waals surface area contributed by atoms with Crippen LogP contribution >= 0.6 is 12.2 Å². The Bertz CT molecular complexity index is 414. The van der Waals surface area contributed by atoms with Gasteiger partial charge in [-0.05, 0) is 24.0 Å². The summed E-state index contributed by atoms with van der Waals surface area (Å²) in [4.78, 5) is 7.10. The quantitative estimate of drug-likeness (QED) is 0.796. The first-order valence-corrected chi connectivity index (χ1v) is 5.90. The number of nitrogens with zero attached hydrogens (tertiary/aromatic N) is 2. The van der Waals surface area contributed by atoms with Gasteiger partial charge in [0.05, 0.1) is 5.56 Å². The zero-order chi connectivity index (χ0) is 11.8. The minimum Gasteiger partial charge on any atom is -0.389 e. The summed E-state index contributed by atoms with van der Waals surface area (Å²) >= 11 is 5.05. The lowest BCUT2D eigenvalue weighted by molar-refractivity contribution is 0.418. The number of thiocarbonyl (C=S) groups is 1. The lowest BCUT2D eigenvalue weighted by Crippen LogP contribution is -2.26. The summed E-state index contributed by atoms with van der Waals surface area (Å²) in [5.41, 5.74) is 6.95. The highest BCUT2D eigenvalue weighted by atomic mass is 32.1. The molecule has 0 aliphatic carbocycles. The molecular weight excluding hydrogens is 218 g/mol. The van der Waals surface area contributed by atoms with Crippen LogP contribution in [0, 0.1) is 5.41 Å². The Kier molecular flexibility index (Phi) is 2.84. The van der Waals surface area contributed by atoms with Crippen LogP contribution in [0.5, 0.6) is 0 Å². The zero-order valence-electron chi connectivity index (χ0n) is 9.73. The van der Waals surface area contributed by atoms with Gasteiger partial charge in [0.1, 0.15) is 10.8 Å². The summed E-state index contributed by atoms with van der Waals surface area (Å²) in [7, 11) is 0. The molecule has 0 bridgehead atoms. The minimum atomic E-state index is 0.352. The number of nitrogens with two attached hydrogens (primary N) is 1. The summed E-state index contributed by atoms with van der Waals surface area (Å²) in [6.45, 7) is 6.59. The van der Waals surface area contributed by atoms with E-state index in [0.717, 1.165) is 24.5 Å². The number of anilines is 1. The highest BCUT2D eigenvalue weighted by Gasteiger charge is 2.31. The van der Waals surface area contributed by atoms with Crippen LogP contribution in [0.4, 0.5) is 5.82 Å². The Hall–Kier alpha value is -1.16. The Balaban J connectivity index is 2.31. The van der Waals surface area contributed by atoms with Crippen LogP contribution in [0.15, 0.2) is 18.3 Å². The standard InChI is InChI=1S/C12H17N3S/c1-12(2)5-7-15(8-12)11-9(10(13)16)4-3-6-14-11/h3-4,6H,5,7-8H2,1-2H3,(H2,13,16). The largest absolute Gasteiger partial charge is 0.389 e. The first-order chi connectivity index (χ1) is 7.49. The molecule has 4 heteroatoms. The van der Waals surface area contributed by atoms with E-state index in [1.54, 1.807) is 6.20 Å². The second-order valence-electron chi connectivity index (χ2n) is 5.07. The average Bonchev–Trinajstić information content (AvgIpc) is 2.59. The van der Waals surface area contributed by atoms with Gasteiger partial charge in [-0.3, -0.25) is 0 Å². The lowest BCUT2D eigenvalue weighted by atomic mass is 9.93. The van der Waals surface area contributed by atoms with Gasteiger partial charge in [0, 0.05) is 19.3 Å². The van der Waals surface area contributed by atoms with Crippen LogP contribution in [-0.4, -0.2) is 23.1 Å². The third kappa shape index (κ3) is 2.16. The molecule has 3 nitrogen and oxygen atoms in total. The van der Waals surface area contributed by atoms with E-state index in [9.17, 15) is 0 Å². The van der Waals surface area contributed by atoms with Crippen molar-refractivity contribution in [3.8, 4) is 0 Å². The molecule has 0 radical (unpaired) electrons. The van der Waals surface area contributed by atoms with Gasteiger partial charge in [-0.15, -0.1) is 0 Å². The maximum absolute atomic E-state index is 5.71. The van der Waals surface area contributed by atoms with Crippen molar-refractivity contribution in [2.45, 2.75) is 20.3 Å². The highest BCUT2D eigenvalue weighted by molar-refractivity contribution is 7.80. The van der Waals surface area contributed by atoms with Gasteiger partial charge in [0.25, 0.3) is 0 Å². The molecule has 2 heterocycles. The molecule has 0 unspecified atom stereocenters. The molecule has 0 atom stereocenters. The molecule has 2 rings (SSSR count). The first kappa shape index (κ1) is 11.3. The molecule has 16 heavy (non-hydrogen) atoms. The van der Waals surface area contributed by atoms with Crippen molar-refractivity contribution >= 4 is 23.0 Å². The number of pyridine rings is 1. The van der Waals surface area contributed by atoms with Crippen molar-refractivity contribution in [1.29, 1.82) is 0 Å². The van der Waals surface area contributed by atoms with Crippen LogP contribution in [-0.2, 0) is 0 Å². The molecule has 1 saturated heterocycles. The fourth-order valence-electron chi connectivity index (χ4n) is 2.13. The number of hydrogen-bond acceptors (Lipinski definition) is 3. The molecule has 0 spiro atoms. The topological polar surface area (TPSA) is 42.2 Å². The molecule has 86 valence electrons. The van der Waals surface area contributed by atoms with Crippen molar-refractivity contribution in [2.24, 2.45) is 11.1 Å². The molecule has 1 fully saturated rings. The zero-order valence-corrected chi connectivity index (χ0v) is 10.5. The molecule has 1 aromatic rings. The summed E-state index contributed by atoms with van der Waals surface area (Å²) in [5, 5.41) is 0. The van der Waals surface area contributed by atoms with E-state index in [2.05, 4.69) is 23.7 Å². The van der Waals surface area contributed by atoms with Gasteiger partial charge in [-0.1, -0.05) is 26.1 Å². The molecular formula is C12H17N3S. The third-order valence-electron chi connectivity index (χ3n) is 3.03. The molecule has 2 N–H and O–H groups in total. The van der Waals surface area contributed by atoms with E-state index in [4.69, 9.17) is 18.0 Å². The van der Waals surface area contributed by atoms with Gasteiger partial charge in [0.2, 0.25) is 0 Å².